The van der Waals surface area contributed by atoms with Crippen LogP contribution in [0.3, 0.4) is 0 Å². The minimum absolute atomic E-state index is 0.00968. The average Bonchev–Trinajstić information content (AvgIpc) is 3.45. The third-order valence-corrected chi connectivity index (χ3v) is 5.73. The lowest BCUT2D eigenvalue weighted by Gasteiger charge is -2.23. The van der Waals surface area contributed by atoms with Crippen LogP contribution >= 0.6 is 0 Å². The minimum Gasteiger partial charge on any atom is -0.466 e. The number of benzene rings is 1. The molecule has 1 atom stereocenters. The molecule has 0 saturated heterocycles. The number of rotatable bonds is 10. The van der Waals surface area contributed by atoms with Gasteiger partial charge >= 0.3 is 12.1 Å². The summed E-state index contributed by atoms with van der Waals surface area (Å²) in [5.74, 6) is -0.763. The molecular formula is C30H32FN5O5. The molecule has 0 bridgehead atoms. The number of aromatic nitrogens is 4. The third-order valence-electron chi connectivity index (χ3n) is 5.73. The second-order valence-corrected chi connectivity index (χ2v) is 10.2. The van der Waals surface area contributed by atoms with E-state index in [2.05, 4.69) is 25.5 Å². The summed E-state index contributed by atoms with van der Waals surface area (Å²) >= 11 is 0. The Balaban J connectivity index is 1.45. The molecule has 0 radical (unpaired) electrons. The van der Waals surface area contributed by atoms with Crippen molar-refractivity contribution in [2.45, 2.75) is 52.2 Å². The molecule has 1 aromatic carbocycles. The highest BCUT2D eigenvalue weighted by Crippen LogP contribution is 2.28. The zero-order chi connectivity index (χ0) is 29.4. The maximum Gasteiger partial charge on any atom is 0.407 e. The topological polar surface area (TPSA) is 128 Å². The zero-order valence-corrected chi connectivity index (χ0v) is 23.3. The van der Waals surface area contributed by atoms with E-state index >= 15 is 0 Å². The molecule has 1 unspecified atom stereocenters. The number of halogens is 1. The number of nitrogens with one attached hydrogen (secondary N) is 2. The number of H-pyrrole nitrogens is 1. The molecule has 10 nitrogen and oxygen atoms in total. The lowest BCUT2D eigenvalue weighted by molar-refractivity contribution is -0.143. The SMILES string of the molecule is CCOC(=O)CC(Cc1ccnc(-c2ccc(Oc3ncc(-c4ccn[nH]4)cc3F)cc2)c1)NC(=O)OC(C)(C)C. The van der Waals surface area contributed by atoms with Crippen molar-refractivity contribution >= 4 is 12.1 Å². The summed E-state index contributed by atoms with van der Waals surface area (Å²) < 4.78 is 30.7. The number of amides is 1. The molecule has 41 heavy (non-hydrogen) atoms. The average molecular weight is 562 g/mol. The van der Waals surface area contributed by atoms with Gasteiger partial charge in [0.15, 0.2) is 5.82 Å². The largest absolute Gasteiger partial charge is 0.466 e. The first-order chi connectivity index (χ1) is 19.6. The van der Waals surface area contributed by atoms with Crippen molar-refractivity contribution in [1.82, 2.24) is 25.5 Å². The number of carbonyl (C=O) groups excluding carboxylic acids is 2. The van der Waals surface area contributed by atoms with E-state index in [-0.39, 0.29) is 18.9 Å². The van der Waals surface area contributed by atoms with Gasteiger partial charge in [-0.25, -0.2) is 14.2 Å². The summed E-state index contributed by atoms with van der Waals surface area (Å²) in [7, 11) is 0. The number of nitrogens with zero attached hydrogens (tertiary/aromatic N) is 3. The molecule has 0 saturated carbocycles. The van der Waals surface area contributed by atoms with Gasteiger partial charge in [-0.15, -0.1) is 0 Å². The van der Waals surface area contributed by atoms with E-state index in [9.17, 15) is 14.0 Å². The van der Waals surface area contributed by atoms with Crippen molar-refractivity contribution in [3.63, 3.8) is 0 Å². The standard InChI is InChI=1S/C30H32FN5O5/c1-5-39-27(37)17-22(35-29(38)41-30(2,3)4)14-19-10-12-32-26(15-19)20-6-8-23(9-7-20)40-28-24(31)16-21(18-33-28)25-11-13-34-36-25/h6-13,15-16,18,22H,5,14,17H2,1-4H3,(H,34,36)(H,35,38). The first-order valence-corrected chi connectivity index (χ1v) is 13.1. The number of hydrogen-bond donors (Lipinski definition) is 2. The molecule has 4 aromatic rings. The summed E-state index contributed by atoms with van der Waals surface area (Å²) in [6, 6.07) is 13.2. The minimum atomic E-state index is -0.677. The van der Waals surface area contributed by atoms with Crippen molar-refractivity contribution in [2.75, 3.05) is 6.61 Å². The van der Waals surface area contributed by atoms with Crippen LogP contribution in [0.5, 0.6) is 11.6 Å². The van der Waals surface area contributed by atoms with Crippen molar-refractivity contribution < 1.29 is 28.2 Å². The number of carbonyl (C=O) groups is 2. The Labute approximate surface area is 237 Å². The van der Waals surface area contributed by atoms with E-state index in [0.29, 0.717) is 29.1 Å². The van der Waals surface area contributed by atoms with Crippen LogP contribution in [-0.4, -0.2) is 50.5 Å². The molecule has 0 aliphatic carbocycles. The smallest absolute Gasteiger partial charge is 0.407 e. The van der Waals surface area contributed by atoms with Crippen LogP contribution in [0.2, 0.25) is 0 Å². The summed E-state index contributed by atoms with van der Waals surface area (Å²) in [5, 5.41) is 9.40. The van der Waals surface area contributed by atoms with Crippen molar-refractivity contribution in [3.8, 4) is 34.1 Å². The highest BCUT2D eigenvalue weighted by atomic mass is 19.1. The van der Waals surface area contributed by atoms with Crippen molar-refractivity contribution in [3.05, 3.63) is 78.5 Å². The molecule has 0 spiro atoms. The van der Waals surface area contributed by atoms with Gasteiger partial charge in [0, 0.05) is 35.8 Å². The normalized spacial score (nSPS) is 11.9. The van der Waals surface area contributed by atoms with Gasteiger partial charge in [0.05, 0.1) is 24.4 Å². The number of alkyl carbamates (subject to hydrolysis) is 1. The molecule has 0 fully saturated rings. The van der Waals surface area contributed by atoms with Gasteiger partial charge in [-0.3, -0.25) is 14.9 Å². The Bertz CT molecular complexity index is 1470. The molecule has 2 N–H and O–H groups in total. The number of aromatic amines is 1. The van der Waals surface area contributed by atoms with E-state index in [1.807, 2.05) is 12.1 Å². The zero-order valence-electron chi connectivity index (χ0n) is 23.3. The molecule has 11 heteroatoms. The second kappa shape index (κ2) is 13.0. The Morgan fingerprint density at radius 1 is 1.02 bits per heavy atom. The molecule has 1 amide bonds. The fourth-order valence-corrected chi connectivity index (χ4v) is 3.98. The molecular weight excluding hydrogens is 529 g/mol. The van der Waals surface area contributed by atoms with Crippen molar-refractivity contribution in [1.29, 1.82) is 0 Å². The lowest BCUT2D eigenvalue weighted by Crippen LogP contribution is -2.41. The van der Waals surface area contributed by atoms with Crippen LogP contribution in [0.15, 0.2) is 67.1 Å². The third kappa shape index (κ3) is 8.59. The number of esters is 1. The van der Waals surface area contributed by atoms with Gasteiger partial charge in [0.25, 0.3) is 5.88 Å². The molecule has 3 heterocycles. The fourth-order valence-electron chi connectivity index (χ4n) is 3.98. The quantitative estimate of drug-likeness (QED) is 0.231. The van der Waals surface area contributed by atoms with E-state index in [1.54, 1.807) is 70.4 Å². The summed E-state index contributed by atoms with van der Waals surface area (Å²) in [6.07, 6.45) is 4.47. The number of ether oxygens (including phenoxy) is 3. The first-order valence-electron chi connectivity index (χ1n) is 13.1. The highest BCUT2D eigenvalue weighted by molar-refractivity contribution is 5.73. The number of pyridine rings is 2. The second-order valence-electron chi connectivity index (χ2n) is 10.2. The van der Waals surface area contributed by atoms with Crippen LogP contribution in [0.4, 0.5) is 9.18 Å². The van der Waals surface area contributed by atoms with Gasteiger partial charge in [-0.1, -0.05) is 0 Å². The number of hydrogen-bond acceptors (Lipinski definition) is 8. The van der Waals surface area contributed by atoms with Gasteiger partial charge in [0.2, 0.25) is 0 Å². The van der Waals surface area contributed by atoms with Crippen LogP contribution in [0, 0.1) is 5.82 Å². The monoisotopic (exact) mass is 561 g/mol. The van der Waals surface area contributed by atoms with E-state index in [4.69, 9.17) is 14.2 Å². The van der Waals surface area contributed by atoms with Crippen LogP contribution in [0.1, 0.15) is 39.7 Å². The lowest BCUT2D eigenvalue weighted by atomic mass is 10.0. The van der Waals surface area contributed by atoms with Gasteiger partial charge in [-0.2, -0.15) is 5.10 Å². The van der Waals surface area contributed by atoms with E-state index < -0.39 is 29.5 Å². The molecule has 0 aliphatic rings. The summed E-state index contributed by atoms with van der Waals surface area (Å²) in [6.45, 7) is 7.28. The highest BCUT2D eigenvalue weighted by Gasteiger charge is 2.22. The maximum absolute atomic E-state index is 14.6. The predicted octanol–water partition coefficient (Wildman–Crippen LogP) is 5.85. The molecule has 3 aromatic heterocycles. The Morgan fingerprint density at radius 3 is 2.46 bits per heavy atom. The Morgan fingerprint density at radius 2 is 1.80 bits per heavy atom. The van der Waals surface area contributed by atoms with E-state index in [0.717, 1.165) is 11.1 Å². The van der Waals surface area contributed by atoms with Gasteiger partial charge in [-0.05, 0) is 88.2 Å². The Kier molecular flexibility index (Phi) is 9.28. The van der Waals surface area contributed by atoms with Gasteiger partial charge in [0.1, 0.15) is 11.4 Å². The molecule has 0 aliphatic heterocycles. The van der Waals surface area contributed by atoms with Crippen LogP contribution < -0.4 is 10.1 Å². The van der Waals surface area contributed by atoms with Crippen molar-refractivity contribution in [2.24, 2.45) is 0 Å². The molecule has 4 rings (SSSR count). The van der Waals surface area contributed by atoms with Gasteiger partial charge < -0.3 is 19.5 Å². The maximum atomic E-state index is 14.6. The van der Waals surface area contributed by atoms with Crippen LogP contribution in [-0.2, 0) is 20.7 Å². The fraction of sp³-hybridized carbons (Fsp3) is 0.300. The summed E-state index contributed by atoms with van der Waals surface area (Å²) in [4.78, 5) is 33.1. The van der Waals surface area contributed by atoms with E-state index in [1.165, 1.54) is 12.3 Å². The summed E-state index contributed by atoms with van der Waals surface area (Å²) in [5.41, 5.74) is 2.85. The predicted molar refractivity (Wildman–Crippen MR) is 150 cm³/mol. The van der Waals surface area contributed by atoms with Crippen LogP contribution in [0.25, 0.3) is 22.5 Å². The molecule has 214 valence electrons. The first kappa shape index (κ1) is 29.2. The Hall–Kier alpha value is -4.80.